The first-order valence-electron chi connectivity index (χ1n) is 11.5. The summed E-state index contributed by atoms with van der Waals surface area (Å²) in [5, 5.41) is 13.5. The van der Waals surface area contributed by atoms with E-state index in [2.05, 4.69) is 49.2 Å². The predicted molar refractivity (Wildman–Crippen MR) is 133 cm³/mol. The largest absolute Gasteiger partial charge is 0.370 e. The lowest BCUT2D eigenvalue weighted by molar-refractivity contribution is 0.298. The number of halogens is 2. The van der Waals surface area contributed by atoms with Crippen LogP contribution >= 0.6 is 11.6 Å². The third-order valence-corrected chi connectivity index (χ3v) is 6.11. The van der Waals surface area contributed by atoms with Crippen molar-refractivity contribution in [3.63, 3.8) is 0 Å². The first-order valence-corrected chi connectivity index (χ1v) is 11.9. The third-order valence-electron chi connectivity index (χ3n) is 5.90. The molecule has 1 aliphatic heterocycles. The van der Waals surface area contributed by atoms with Crippen LogP contribution in [-0.2, 0) is 0 Å². The first-order chi connectivity index (χ1) is 16.6. The zero-order valence-electron chi connectivity index (χ0n) is 19.0. The molecule has 1 unspecified atom stereocenters. The second-order valence-electron chi connectivity index (χ2n) is 8.29. The van der Waals surface area contributed by atoms with Crippen LogP contribution in [-0.4, -0.2) is 43.5 Å². The topological polar surface area (TPSA) is 93.5 Å². The van der Waals surface area contributed by atoms with E-state index in [9.17, 15) is 4.39 Å². The Labute approximate surface area is 203 Å². The summed E-state index contributed by atoms with van der Waals surface area (Å²) in [4.78, 5) is 18.3. The summed E-state index contributed by atoms with van der Waals surface area (Å²) in [5.74, 6) is 0.0997. The van der Waals surface area contributed by atoms with Gasteiger partial charge in [0, 0.05) is 42.0 Å². The van der Waals surface area contributed by atoms with Crippen molar-refractivity contribution in [2.45, 2.75) is 51.1 Å². The van der Waals surface area contributed by atoms with Gasteiger partial charge in [-0.15, -0.1) is 0 Å². The van der Waals surface area contributed by atoms with Crippen molar-refractivity contribution < 1.29 is 4.39 Å². The molecule has 3 aromatic heterocycles. The Balaban J connectivity index is 1.50. The lowest BCUT2D eigenvalue weighted by Crippen LogP contribution is -2.33. The van der Waals surface area contributed by atoms with Crippen LogP contribution in [0.1, 0.15) is 39.0 Å². The summed E-state index contributed by atoms with van der Waals surface area (Å²) in [6, 6.07) is 4.27. The Morgan fingerprint density at radius 2 is 2.18 bits per heavy atom. The van der Waals surface area contributed by atoms with Gasteiger partial charge >= 0.3 is 0 Å². The number of nitriles is 1. The second-order valence-corrected chi connectivity index (χ2v) is 8.73. The minimum absolute atomic E-state index is 0.0541. The number of hydrogen-bond acceptors (Lipinski definition) is 6. The van der Waals surface area contributed by atoms with E-state index < -0.39 is 5.82 Å². The number of rotatable bonds is 10. The number of aromatic nitrogens is 4. The van der Waals surface area contributed by atoms with Crippen molar-refractivity contribution in [3.8, 4) is 17.5 Å². The molecule has 0 aromatic carbocycles. The lowest BCUT2D eigenvalue weighted by Gasteiger charge is -2.31. The van der Waals surface area contributed by atoms with Gasteiger partial charge in [0.2, 0.25) is 0 Å². The normalized spacial score (nSPS) is 16.1. The molecule has 0 bridgehead atoms. The number of pyridine rings is 1. The van der Waals surface area contributed by atoms with Crippen LogP contribution < -0.4 is 5.32 Å². The van der Waals surface area contributed by atoms with Crippen LogP contribution in [0.25, 0.3) is 22.4 Å². The minimum atomic E-state index is -0.489. The highest BCUT2D eigenvalue weighted by atomic mass is 35.5. The lowest BCUT2D eigenvalue weighted by atomic mass is 10.00. The molecule has 9 heteroatoms. The molecule has 34 heavy (non-hydrogen) atoms. The summed E-state index contributed by atoms with van der Waals surface area (Å²) in [6.45, 7) is 2.81. The average molecular weight is 480 g/mol. The van der Waals surface area contributed by atoms with Gasteiger partial charge in [-0.05, 0) is 37.6 Å². The van der Waals surface area contributed by atoms with Gasteiger partial charge in [0.15, 0.2) is 17.5 Å². The SMILES string of the molecule is CCCC(CC[C@H]1C=CC=CN1CCC#N)Nc1nc(-c2c[nH]c3ncc(Cl)cc23)ncc1F. The van der Waals surface area contributed by atoms with Crippen molar-refractivity contribution in [1.82, 2.24) is 24.8 Å². The van der Waals surface area contributed by atoms with E-state index in [-0.39, 0.29) is 17.9 Å². The molecule has 1 aliphatic rings. The summed E-state index contributed by atoms with van der Waals surface area (Å²) in [5.41, 5.74) is 1.38. The molecular weight excluding hydrogens is 453 g/mol. The summed E-state index contributed by atoms with van der Waals surface area (Å²) in [7, 11) is 0. The van der Waals surface area contributed by atoms with Gasteiger partial charge in [-0.1, -0.05) is 37.1 Å². The first kappa shape index (κ1) is 23.7. The third kappa shape index (κ3) is 5.54. The van der Waals surface area contributed by atoms with Gasteiger partial charge in [-0.3, -0.25) is 0 Å². The van der Waals surface area contributed by atoms with Gasteiger partial charge < -0.3 is 15.2 Å². The summed E-state index contributed by atoms with van der Waals surface area (Å²) in [6.07, 6.45) is 16.8. The van der Waals surface area contributed by atoms with Crippen molar-refractivity contribution in [2.24, 2.45) is 0 Å². The van der Waals surface area contributed by atoms with Crippen LogP contribution in [0.2, 0.25) is 5.02 Å². The second kappa shape index (κ2) is 11.1. The number of nitrogens with zero attached hydrogens (tertiary/aromatic N) is 5. The molecule has 4 heterocycles. The summed E-state index contributed by atoms with van der Waals surface area (Å²) < 4.78 is 14.7. The van der Waals surface area contributed by atoms with Crippen LogP contribution in [0.4, 0.5) is 10.2 Å². The molecule has 176 valence electrons. The van der Waals surface area contributed by atoms with Crippen LogP contribution in [0.3, 0.4) is 0 Å². The molecule has 7 nitrogen and oxygen atoms in total. The molecule has 0 spiro atoms. The molecule has 2 atom stereocenters. The molecule has 3 aromatic rings. The van der Waals surface area contributed by atoms with E-state index in [1.54, 1.807) is 18.5 Å². The molecular formula is C25H27ClFN7. The van der Waals surface area contributed by atoms with Crippen LogP contribution in [0.15, 0.2) is 49.1 Å². The van der Waals surface area contributed by atoms with Gasteiger partial charge in [-0.2, -0.15) is 5.26 Å². The Kier molecular flexibility index (Phi) is 7.76. The maximum atomic E-state index is 14.7. The molecule has 0 fully saturated rings. The smallest absolute Gasteiger partial charge is 0.183 e. The summed E-state index contributed by atoms with van der Waals surface area (Å²) >= 11 is 6.11. The maximum Gasteiger partial charge on any atom is 0.183 e. The van der Waals surface area contributed by atoms with Gasteiger partial charge in [0.25, 0.3) is 0 Å². The molecule has 4 rings (SSSR count). The van der Waals surface area contributed by atoms with E-state index in [1.807, 2.05) is 18.4 Å². The van der Waals surface area contributed by atoms with E-state index in [0.29, 0.717) is 35.0 Å². The number of hydrogen-bond donors (Lipinski definition) is 2. The number of anilines is 1. The molecule has 0 radical (unpaired) electrons. The van der Waals surface area contributed by atoms with E-state index in [0.717, 1.165) is 31.1 Å². The molecule has 0 aliphatic carbocycles. The van der Waals surface area contributed by atoms with Gasteiger partial charge in [0.1, 0.15) is 5.65 Å². The molecule has 0 amide bonds. The Morgan fingerprint density at radius 3 is 3.00 bits per heavy atom. The number of aromatic amines is 1. The van der Waals surface area contributed by atoms with Gasteiger partial charge in [0.05, 0.1) is 23.7 Å². The Bertz CT molecular complexity index is 1230. The number of nitrogens with one attached hydrogen (secondary N) is 2. The van der Waals surface area contributed by atoms with Crippen molar-refractivity contribution in [3.05, 3.63) is 59.9 Å². The quantitative estimate of drug-likeness (QED) is 0.379. The van der Waals surface area contributed by atoms with Crippen molar-refractivity contribution in [2.75, 3.05) is 11.9 Å². The minimum Gasteiger partial charge on any atom is -0.370 e. The van der Waals surface area contributed by atoms with Crippen LogP contribution in [0.5, 0.6) is 0 Å². The molecule has 0 saturated heterocycles. The fourth-order valence-electron chi connectivity index (χ4n) is 4.22. The van der Waals surface area contributed by atoms with E-state index in [1.165, 1.54) is 6.20 Å². The van der Waals surface area contributed by atoms with Crippen molar-refractivity contribution in [1.29, 1.82) is 5.26 Å². The fraction of sp³-hybridized carbons (Fsp3) is 0.360. The average Bonchev–Trinajstić information content (AvgIpc) is 3.26. The molecule has 2 N–H and O–H groups in total. The monoisotopic (exact) mass is 479 g/mol. The zero-order chi connectivity index (χ0) is 23.9. The fourth-order valence-corrected chi connectivity index (χ4v) is 4.38. The number of allylic oxidation sites excluding steroid dienone is 2. The van der Waals surface area contributed by atoms with Gasteiger partial charge in [-0.25, -0.2) is 19.3 Å². The number of fused-ring (bicyclic) bond motifs is 1. The predicted octanol–water partition coefficient (Wildman–Crippen LogP) is 5.84. The molecule has 0 saturated carbocycles. The van der Waals surface area contributed by atoms with E-state index >= 15 is 0 Å². The highest BCUT2D eigenvalue weighted by Gasteiger charge is 2.19. The highest BCUT2D eigenvalue weighted by molar-refractivity contribution is 6.31. The van der Waals surface area contributed by atoms with Crippen molar-refractivity contribution >= 4 is 28.5 Å². The maximum absolute atomic E-state index is 14.7. The standard InChI is InChI=1S/C25H27ClFN7/c1-2-6-18(8-9-19-7-3-4-11-34(19)12-5-10-28)32-25-22(27)16-31-24(33-25)21-15-30-23-20(21)13-17(26)14-29-23/h3-4,7,11,13-16,18-19H,2,5-6,8-9,12H2,1H3,(H,29,30)(H,31,32,33)/t18?,19-/m1/s1. The zero-order valence-corrected chi connectivity index (χ0v) is 19.8. The highest BCUT2D eigenvalue weighted by Crippen LogP contribution is 2.29. The Morgan fingerprint density at radius 1 is 1.29 bits per heavy atom. The van der Waals surface area contributed by atoms with Crippen LogP contribution in [0, 0.1) is 17.1 Å². The number of H-pyrrole nitrogens is 1. The van der Waals surface area contributed by atoms with E-state index in [4.69, 9.17) is 16.9 Å². The Hall–Kier alpha value is -3.44.